The first kappa shape index (κ1) is 18.1. The fourth-order valence-electron chi connectivity index (χ4n) is 2.41. The number of aryl methyl sites for hydroxylation is 2. The molecular weight excluding hydrogens is 324 g/mol. The number of benzene rings is 2. The maximum atomic E-state index is 12.3. The maximum absolute atomic E-state index is 12.3. The predicted octanol–water partition coefficient (Wildman–Crippen LogP) is 4.52. The molecule has 24 heavy (non-hydrogen) atoms. The van der Waals surface area contributed by atoms with Crippen LogP contribution < -0.4 is 10.1 Å². The highest BCUT2D eigenvalue weighted by Gasteiger charge is 2.11. The van der Waals surface area contributed by atoms with Crippen LogP contribution in [0.5, 0.6) is 5.75 Å². The van der Waals surface area contributed by atoms with E-state index in [0.717, 1.165) is 21.7 Å². The van der Waals surface area contributed by atoms with Crippen LogP contribution in [-0.4, -0.2) is 24.2 Å². The van der Waals surface area contributed by atoms with E-state index >= 15 is 0 Å². The quantitative estimate of drug-likeness (QED) is 0.781. The number of halogens is 1. The molecule has 0 saturated carbocycles. The molecule has 1 N–H and O–H groups in total. The van der Waals surface area contributed by atoms with E-state index in [0.29, 0.717) is 18.8 Å². The number of hydrogen-bond donors (Lipinski definition) is 1. The molecule has 128 valence electrons. The van der Waals surface area contributed by atoms with Gasteiger partial charge >= 0.3 is 6.03 Å². The van der Waals surface area contributed by atoms with Crippen molar-refractivity contribution in [2.45, 2.75) is 27.3 Å². The summed E-state index contributed by atoms with van der Waals surface area (Å²) in [5, 5.41) is 3.53. The Morgan fingerprint density at radius 3 is 2.38 bits per heavy atom. The van der Waals surface area contributed by atoms with Crippen molar-refractivity contribution in [1.29, 1.82) is 0 Å². The molecule has 0 unspecified atom stereocenters. The molecule has 5 heteroatoms. The Bertz CT molecular complexity index is 666. The minimum Gasteiger partial charge on any atom is -0.473 e. The summed E-state index contributed by atoms with van der Waals surface area (Å²) < 4.78 is 5.62. The van der Waals surface area contributed by atoms with Crippen LogP contribution in [0.15, 0.2) is 42.5 Å². The number of ether oxygens (including phenoxy) is 1. The molecule has 0 aliphatic carbocycles. The smallest absolute Gasteiger partial charge is 0.320 e. The third kappa shape index (κ3) is 4.90. The molecule has 0 atom stereocenters. The first-order valence-electron chi connectivity index (χ1n) is 7.97. The summed E-state index contributed by atoms with van der Waals surface area (Å²) >= 11 is 6.14. The number of nitrogens with one attached hydrogen (secondary N) is 1. The average Bonchev–Trinajstić information content (AvgIpc) is 2.58. The minimum atomic E-state index is -0.149. The van der Waals surface area contributed by atoms with Crippen molar-refractivity contribution in [2.75, 3.05) is 13.3 Å². The lowest BCUT2D eigenvalue weighted by Gasteiger charge is -2.21. The number of carbonyl (C=O) groups is 1. The fourth-order valence-corrected chi connectivity index (χ4v) is 2.52. The lowest BCUT2D eigenvalue weighted by Crippen LogP contribution is -2.41. The molecule has 0 aliphatic heterocycles. The number of nitrogens with zero attached hydrogens (tertiary/aromatic N) is 1. The van der Waals surface area contributed by atoms with Gasteiger partial charge in [-0.3, -0.25) is 0 Å². The van der Waals surface area contributed by atoms with E-state index in [9.17, 15) is 4.79 Å². The number of amides is 2. The fraction of sp³-hybridized carbons (Fsp3) is 0.316. The first-order valence-corrected chi connectivity index (χ1v) is 8.35. The van der Waals surface area contributed by atoms with Crippen molar-refractivity contribution in [3.63, 3.8) is 0 Å². The molecule has 0 spiro atoms. The molecule has 0 heterocycles. The third-order valence-electron chi connectivity index (χ3n) is 3.76. The van der Waals surface area contributed by atoms with Crippen LogP contribution in [0.3, 0.4) is 0 Å². The van der Waals surface area contributed by atoms with Gasteiger partial charge in [0.1, 0.15) is 5.75 Å². The van der Waals surface area contributed by atoms with Gasteiger partial charge in [-0.05, 0) is 49.6 Å². The second-order valence-corrected chi connectivity index (χ2v) is 6.02. The van der Waals surface area contributed by atoms with Crippen molar-refractivity contribution in [3.8, 4) is 5.75 Å². The van der Waals surface area contributed by atoms with Crippen molar-refractivity contribution >= 4 is 17.6 Å². The number of urea groups is 1. The Hall–Kier alpha value is -2.20. The number of hydrogen-bond acceptors (Lipinski definition) is 2. The van der Waals surface area contributed by atoms with Gasteiger partial charge in [0, 0.05) is 18.1 Å². The minimum absolute atomic E-state index is 0.116. The SMILES string of the molecule is CCN(Cc1ccccc1)C(=O)NCOc1cc(C)c(Cl)c(C)c1. The molecule has 0 bridgehead atoms. The van der Waals surface area contributed by atoms with E-state index < -0.39 is 0 Å². The first-order chi connectivity index (χ1) is 11.5. The lowest BCUT2D eigenvalue weighted by atomic mass is 10.1. The lowest BCUT2D eigenvalue weighted by molar-refractivity contribution is 0.184. The molecule has 0 radical (unpaired) electrons. The van der Waals surface area contributed by atoms with Gasteiger partial charge in [-0.2, -0.15) is 0 Å². The second-order valence-electron chi connectivity index (χ2n) is 5.64. The zero-order valence-electron chi connectivity index (χ0n) is 14.3. The molecule has 0 saturated heterocycles. The predicted molar refractivity (Wildman–Crippen MR) is 97.5 cm³/mol. The molecule has 0 aromatic heterocycles. The Morgan fingerprint density at radius 1 is 1.17 bits per heavy atom. The number of carbonyl (C=O) groups excluding carboxylic acids is 1. The van der Waals surface area contributed by atoms with Gasteiger partial charge in [0.25, 0.3) is 0 Å². The van der Waals surface area contributed by atoms with Gasteiger partial charge in [-0.25, -0.2) is 4.79 Å². The van der Waals surface area contributed by atoms with Gasteiger partial charge in [0.05, 0.1) is 0 Å². The zero-order valence-corrected chi connectivity index (χ0v) is 15.1. The van der Waals surface area contributed by atoms with Crippen LogP contribution in [0.4, 0.5) is 4.79 Å². The Morgan fingerprint density at radius 2 is 1.79 bits per heavy atom. The number of rotatable bonds is 6. The summed E-state index contributed by atoms with van der Waals surface area (Å²) in [6.45, 7) is 7.13. The maximum Gasteiger partial charge on any atom is 0.320 e. The normalized spacial score (nSPS) is 10.3. The molecule has 2 rings (SSSR count). The van der Waals surface area contributed by atoms with E-state index in [1.807, 2.05) is 63.2 Å². The van der Waals surface area contributed by atoms with Crippen LogP contribution >= 0.6 is 11.6 Å². The summed E-state index contributed by atoms with van der Waals surface area (Å²) in [6.07, 6.45) is 0. The largest absolute Gasteiger partial charge is 0.473 e. The van der Waals surface area contributed by atoms with Crippen LogP contribution in [-0.2, 0) is 6.54 Å². The Labute approximate surface area is 148 Å². The Balaban J connectivity index is 1.87. The van der Waals surface area contributed by atoms with Gasteiger partial charge in [0.15, 0.2) is 6.73 Å². The Kier molecular flexibility index (Phi) is 6.50. The highest BCUT2D eigenvalue weighted by atomic mass is 35.5. The molecular formula is C19H23ClN2O2. The summed E-state index contributed by atoms with van der Waals surface area (Å²) in [4.78, 5) is 14.0. The highest BCUT2D eigenvalue weighted by molar-refractivity contribution is 6.32. The van der Waals surface area contributed by atoms with Crippen molar-refractivity contribution in [3.05, 3.63) is 64.2 Å². The van der Waals surface area contributed by atoms with Gasteiger partial charge in [-0.15, -0.1) is 0 Å². The molecule has 0 fully saturated rings. The van der Waals surface area contributed by atoms with Crippen molar-refractivity contribution in [2.24, 2.45) is 0 Å². The van der Waals surface area contributed by atoms with E-state index in [2.05, 4.69) is 5.32 Å². The summed E-state index contributed by atoms with van der Waals surface area (Å²) in [5.41, 5.74) is 3.01. The van der Waals surface area contributed by atoms with Crippen LogP contribution in [0.1, 0.15) is 23.6 Å². The molecule has 2 aromatic rings. The molecule has 0 aliphatic rings. The van der Waals surface area contributed by atoms with Crippen molar-refractivity contribution < 1.29 is 9.53 Å². The summed E-state index contributed by atoms with van der Waals surface area (Å²) in [7, 11) is 0. The van der Waals surface area contributed by atoms with Gasteiger partial charge < -0.3 is 15.0 Å². The van der Waals surface area contributed by atoms with E-state index in [4.69, 9.17) is 16.3 Å². The summed E-state index contributed by atoms with van der Waals surface area (Å²) in [6, 6.07) is 13.5. The summed E-state index contributed by atoms with van der Waals surface area (Å²) in [5.74, 6) is 0.695. The second kappa shape index (κ2) is 8.60. The monoisotopic (exact) mass is 346 g/mol. The van der Waals surface area contributed by atoms with E-state index in [-0.39, 0.29) is 12.8 Å². The van der Waals surface area contributed by atoms with Crippen molar-refractivity contribution in [1.82, 2.24) is 10.2 Å². The third-order valence-corrected chi connectivity index (χ3v) is 4.35. The van der Waals surface area contributed by atoms with Gasteiger partial charge in [-0.1, -0.05) is 41.9 Å². The molecule has 2 amide bonds. The van der Waals surface area contributed by atoms with E-state index in [1.54, 1.807) is 4.90 Å². The molecule has 2 aromatic carbocycles. The standard InChI is InChI=1S/C19H23ClN2O2/c1-4-22(12-16-8-6-5-7-9-16)19(23)21-13-24-17-10-14(2)18(20)15(3)11-17/h5-11H,4,12-13H2,1-3H3,(H,21,23). The van der Waals surface area contributed by atoms with Crippen LogP contribution in [0, 0.1) is 13.8 Å². The van der Waals surface area contributed by atoms with Crippen LogP contribution in [0.25, 0.3) is 0 Å². The average molecular weight is 347 g/mol. The van der Waals surface area contributed by atoms with Crippen LogP contribution in [0.2, 0.25) is 5.02 Å². The van der Waals surface area contributed by atoms with Gasteiger partial charge in [0.2, 0.25) is 0 Å². The highest BCUT2D eigenvalue weighted by Crippen LogP contribution is 2.25. The topological polar surface area (TPSA) is 41.6 Å². The van der Waals surface area contributed by atoms with E-state index in [1.165, 1.54) is 0 Å². The molecule has 4 nitrogen and oxygen atoms in total. The zero-order chi connectivity index (χ0) is 17.5.